The summed E-state index contributed by atoms with van der Waals surface area (Å²) in [7, 11) is 0. The Bertz CT molecular complexity index is 1020. The molecule has 0 fully saturated rings. The molecule has 0 saturated carbocycles. The van der Waals surface area contributed by atoms with Gasteiger partial charge in [0.25, 0.3) is 5.91 Å². The predicted molar refractivity (Wildman–Crippen MR) is 115 cm³/mol. The van der Waals surface area contributed by atoms with Crippen LogP contribution in [0.5, 0.6) is 0 Å². The zero-order valence-corrected chi connectivity index (χ0v) is 16.6. The van der Waals surface area contributed by atoms with Gasteiger partial charge in [0.1, 0.15) is 6.04 Å². The summed E-state index contributed by atoms with van der Waals surface area (Å²) in [6, 6.07) is 23.8. The molecule has 0 radical (unpaired) electrons. The number of carbonyl (C=O) groups is 2. The van der Waals surface area contributed by atoms with Crippen LogP contribution in [0.4, 0.5) is 5.69 Å². The van der Waals surface area contributed by atoms with E-state index in [0.29, 0.717) is 30.0 Å². The second-order valence-electron chi connectivity index (χ2n) is 7.06. The molecule has 0 bridgehead atoms. The standard InChI is InChI=1S/C24H21ClN2O2/c25-20-12-10-17(11-13-20)14-15-26-23(28)22-16-19-8-4-5-9-21(19)27(22)24(29)18-6-2-1-3-7-18/h1-13,22H,14-16H2,(H,26,28)/t22-/m1/s1. The number of hydrogen-bond donors (Lipinski definition) is 1. The number of benzene rings is 3. The van der Waals surface area contributed by atoms with E-state index >= 15 is 0 Å². The van der Waals surface area contributed by atoms with E-state index in [2.05, 4.69) is 5.32 Å². The maximum Gasteiger partial charge on any atom is 0.259 e. The van der Waals surface area contributed by atoms with Gasteiger partial charge in [-0.2, -0.15) is 0 Å². The SMILES string of the molecule is O=C(NCCc1ccc(Cl)cc1)[C@H]1Cc2ccccc2N1C(=O)c1ccccc1. The first-order chi connectivity index (χ1) is 14.1. The van der Waals surface area contributed by atoms with Crippen molar-refractivity contribution in [2.75, 3.05) is 11.4 Å². The second kappa shape index (κ2) is 8.50. The topological polar surface area (TPSA) is 49.4 Å². The Morgan fingerprint density at radius 1 is 0.931 bits per heavy atom. The second-order valence-corrected chi connectivity index (χ2v) is 7.49. The Morgan fingerprint density at radius 2 is 1.62 bits per heavy atom. The first-order valence-electron chi connectivity index (χ1n) is 9.62. The summed E-state index contributed by atoms with van der Waals surface area (Å²) in [4.78, 5) is 27.8. The van der Waals surface area contributed by atoms with E-state index in [1.807, 2.05) is 66.7 Å². The van der Waals surface area contributed by atoms with Gasteiger partial charge in [-0.3, -0.25) is 14.5 Å². The molecule has 0 unspecified atom stereocenters. The Balaban J connectivity index is 1.49. The van der Waals surface area contributed by atoms with Gasteiger partial charge in [0, 0.05) is 29.2 Å². The number of halogens is 1. The van der Waals surface area contributed by atoms with Crippen LogP contribution in [0.1, 0.15) is 21.5 Å². The van der Waals surface area contributed by atoms with Gasteiger partial charge < -0.3 is 5.32 Å². The van der Waals surface area contributed by atoms with Crippen LogP contribution in [-0.4, -0.2) is 24.4 Å². The van der Waals surface area contributed by atoms with Gasteiger partial charge in [-0.1, -0.05) is 60.1 Å². The Hall–Kier alpha value is -3.11. The summed E-state index contributed by atoms with van der Waals surface area (Å²) >= 11 is 5.92. The largest absolute Gasteiger partial charge is 0.354 e. The number of anilines is 1. The number of amides is 2. The summed E-state index contributed by atoms with van der Waals surface area (Å²) in [5.74, 6) is -0.298. The first kappa shape index (κ1) is 19.2. The lowest BCUT2D eigenvalue weighted by atomic mass is 10.1. The van der Waals surface area contributed by atoms with Crippen LogP contribution < -0.4 is 10.2 Å². The van der Waals surface area contributed by atoms with E-state index < -0.39 is 6.04 Å². The third-order valence-electron chi connectivity index (χ3n) is 5.14. The van der Waals surface area contributed by atoms with E-state index in [4.69, 9.17) is 11.6 Å². The lowest BCUT2D eigenvalue weighted by Gasteiger charge is -2.25. The van der Waals surface area contributed by atoms with E-state index in [1.165, 1.54) is 0 Å². The first-order valence-corrected chi connectivity index (χ1v) is 10.00. The number of rotatable bonds is 5. The third kappa shape index (κ3) is 4.17. The number of hydrogen-bond acceptors (Lipinski definition) is 2. The predicted octanol–water partition coefficient (Wildman–Crippen LogP) is 4.27. The number of para-hydroxylation sites is 1. The molecule has 1 N–H and O–H groups in total. The van der Waals surface area contributed by atoms with Crippen LogP contribution in [0.3, 0.4) is 0 Å². The van der Waals surface area contributed by atoms with Crippen molar-refractivity contribution in [1.29, 1.82) is 0 Å². The van der Waals surface area contributed by atoms with Crippen LogP contribution >= 0.6 is 11.6 Å². The van der Waals surface area contributed by atoms with Crippen molar-refractivity contribution in [3.63, 3.8) is 0 Å². The smallest absolute Gasteiger partial charge is 0.259 e. The molecule has 29 heavy (non-hydrogen) atoms. The molecule has 0 aliphatic carbocycles. The molecular weight excluding hydrogens is 384 g/mol. The minimum absolute atomic E-state index is 0.139. The summed E-state index contributed by atoms with van der Waals surface area (Å²) in [6.45, 7) is 0.501. The number of nitrogens with one attached hydrogen (secondary N) is 1. The van der Waals surface area contributed by atoms with Crippen LogP contribution in [0.15, 0.2) is 78.9 Å². The van der Waals surface area contributed by atoms with Gasteiger partial charge in [-0.05, 0) is 47.9 Å². The normalized spacial score (nSPS) is 15.1. The van der Waals surface area contributed by atoms with Crippen LogP contribution in [-0.2, 0) is 17.6 Å². The zero-order valence-electron chi connectivity index (χ0n) is 15.8. The highest BCUT2D eigenvalue weighted by Crippen LogP contribution is 2.33. The molecule has 5 heteroatoms. The molecule has 0 saturated heterocycles. The minimum Gasteiger partial charge on any atom is -0.354 e. The molecule has 1 aliphatic rings. The molecule has 1 atom stereocenters. The van der Waals surface area contributed by atoms with Crippen LogP contribution in [0.25, 0.3) is 0 Å². The van der Waals surface area contributed by atoms with Crippen molar-refractivity contribution in [1.82, 2.24) is 5.32 Å². The number of nitrogens with zero attached hydrogens (tertiary/aromatic N) is 1. The summed E-state index contributed by atoms with van der Waals surface area (Å²) in [6.07, 6.45) is 1.22. The van der Waals surface area contributed by atoms with Crippen molar-refractivity contribution < 1.29 is 9.59 Å². The highest BCUT2D eigenvalue weighted by Gasteiger charge is 2.38. The zero-order chi connectivity index (χ0) is 20.2. The summed E-state index contributed by atoms with van der Waals surface area (Å²) in [5, 5.41) is 3.68. The molecular formula is C24H21ClN2O2. The van der Waals surface area contributed by atoms with Gasteiger partial charge in [0.2, 0.25) is 5.91 Å². The van der Waals surface area contributed by atoms with Gasteiger partial charge in [0.15, 0.2) is 0 Å². The Kier molecular flexibility index (Phi) is 5.63. The van der Waals surface area contributed by atoms with Crippen molar-refractivity contribution in [2.45, 2.75) is 18.9 Å². The van der Waals surface area contributed by atoms with Gasteiger partial charge in [0.05, 0.1) is 0 Å². The van der Waals surface area contributed by atoms with Gasteiger partial charge in [-0.25, -0.2) is 0 Å². The fraction of sp³-hybridized carbons (Fsp3) is 0.167. The van der Waals surface area contributed by atoms with Crippen molar-refractivity contribution in [3.05, 3.63) is 101 Å². The quantitative estimate of drug-likeness (QED) is 0.690. The van der Waals surface area contributed by atoms with Crippen LogP contribution in [0, 0.1) is 0 Å². The third-order valence-corrected chi connectivity index (χ3v) is 5.40. The average Bonchev–Trinajstić information content (AvgIpc) is 3.15. The monoisotopic (exact) mass is 404 g/mol. The summed E-state index contributed by atoms with van der Waals surface area (Å²) in [5.41, 5.74) is 3.48. The minimum atomic E-state index is -0.551. The van der Waals surface area contributed by atoms with Crippen molar-refractivity contribution >= 4 is 29.1 Å². The van der Waals surface area contributed by atoms with Crippen LogP contribution in [0.2, 0.25) is 5.02 Å². The maximum absolute atomic E-state index is 13.2. The molecule has 3 aromatic rings. The number of carbonyl (C=O) groups excluding carboxylic acids is 2. The van der Waals surface area contributed by atoms with E-state index in [0.717, 1.165) is 16.8 Å². The fourth-order valence-electron chi connectivity index (χ4n) is 3.67. The van der Waals surface area contributed by atoms with E-state index in [9.17, 15) is 9.59 Å². The molecule has 3 aromatic carbocycles. The lowest BCUT2D eigenvalue weighted by molar-refractivity contribution is -0.122. The molecule has 1 heterocycles. The fourth-order valence-corrected chi connectivity index (χ4v) is 3.79. The Morgan fingerprint density at radius 3 is 2.38 bits per heavy atom. The molecule has 2 amide bonds. The highest BCUT2D eigenvalue weighted by molar-refractivity contribution is 6.30. The molecule has 4 rings (SSSR count). The lowest BCUT2D eigenvalue weighted by Crippen LogP contribution is -2.48. The van der Waals surface area contributed by atoms with Crippen molar-refractivity contribution in [2.24, 2.45) is 0 Å². The maximum atomic E-state index is 13.2. The number of fused-ring (bicyclic) bond motifs is 1. The molecule has 0 spiro atoms. The van der Waals surface area contributed by atoms with Gasteiger partial charge >= 0.3 is 0 Å². The van der Waals surface area contributed by atoms with E-state index in [-0.39, 0.29) is 11.8 Å². The molecule has 0 aromatic heterocycles. The molecule has 1 aliphatic heterocycles. The van der Waals surface area contributed by atoms with E-state index in [1.54, 1.807) is 17.0 Å². The molecule has 146 valence electrons. The van der Waals surface area contributed by atoms with Crippen molar-refractivity contribution in [3.8, 4) is 0 Å². The van der Waals surface area contributed by atoms with Gasteiger partial charge in [-0.15, -0.1) is 0 Å². The highest BCUT2D eigenvalue weighted by atomic mass is 35.5. The average molecular weight is 405 g/mol. The summed E-state index contributed by atoms with van der Waals surface area (Å²) < 4.78 is 0. The Labute approximate surface area is 175 Å². The molecule has 4 nitrogen and oxygen atoms in total.